The summed E-state index contributed by atoms with van der Waals surface area (Å²) >= 11 is 0. The van der Waals surface area contributed by atoms with E-state index in [4.69, 9.17) is 10.00 Å². The molecule has 1 heterocycles. The predicted molar refractivity (Wildman–Crippen MR) is 82.2 cm³/mol. The molecule has 0 bridgehead atoms. The average Bonchev–Trinajstić information content (AvgIpc) is 3.08. The van der Waals surface area contributed by atoms with Crippen LogP contribution >= 0.6 is 0 Å². The quantitative estimate of drug-likeness (QED) is 0.688. The molecule has 10 heteroatoms. The Labute approximate surface area is 149 Å². The zero-order chi connectivity index (χ0) is 19.6. The molecule has 0 aliphatic heterocycles. The van der Waals surface area contributed by atoms with Crippen LogP contribution in [0.2, 0.25) is 0 Å². The molecule has 0 atom stereocenters. The summed E-state index contributed by atoms with van der Waals surface area (Å²) < 4.78 is 70.9. The third-order valence-electron chi connectivity index (χ3n) is 3.54. The highest BCUT2D eigenvalue weighted by Gasteiger charge is 2.31. The lowest BCUT2D eigenvalue weighted by atomic mass is 10.1. The molecule has 5 nitrogen and oxygen atoms in total. The smallest absolute Gasteiger partial charge is 0.416 e. The second-order valence-electron chi connectivity index (χ2n) is 5.42. The third-order valence-corrected chi connectivity index (χ3v) is 3.54. The van der Waals surface area contributed by atoms with Gasteiger partial charge in [0.15, 0.2) is 5.69 Å². The molecule has 0 spiro atoms. The van der Waals surface area contributed by atoms with Gasteiger partial charge in [0.1, 0.15) is 35.8 Å². The molecule has 0 saturated heterocycles. The summed E-state index contributed by atoms with van der Waals surface area (Å²) in [5.41, 5.74) is -1.17. The first-order valence-electron chi connectivity index (χ1n) is 7.38. The Hall–Kier alpha value is -3.48. The van der Waals surface area contributed by atoms with Gasteiger partial charge in [0.25, 0.3) is 0 Å². The number of hydrogen-bond acceptors (Lipinski definition) is 4. The fourth-order valence-corrected chi connectivity index (χ4v) is 2.37. The first-order valence-corrected chi connectivity index (χ1v) is 7.38. The molecule has 0 fully saturated rings. The van der Waals surface area contributed by atoms with Crippen LogP contribution in [-0.4, -0.2) is 15.4 Å². The van der Waals surface area contributed by atoms with Crippen LogP contribution in [0.15, 0.2) is 36.4 Å². The number of H-pyrrole nitrogens is 1. The van der Waals surface area contributed by atoms with E-state index in [-0.39, 0.29) is 28.3 Å². The van der Waals surface area contributed by atoms with Gasteiger partial charge in [-0.15, -0.1) is 5.10 Å². The van der Waals surface area contributed by atoms with Crippen LogP contribution in [0.5, 0.6) is 5.75 Å². The number of aromatic nitrogens is 3. The molecular formula is C17H9F5N4O. The molecule has 1 aromatic heterocycles. The van der Waals surface area contributed by atoms with Gasteiger partial charge in [-0.3, -0.25) is 0 Å². The van der Waals surface area contributed by atoms with Crippen LogP contribution in [0.3, 0.4) is 0 Å². The Morgan fingerprint density at radius 3 is 2.56 bits per heavy atom. The average molecular weight is 380 g/mol. The summed E-state index contributed by atoms with van der Waals surface area (Å²) in [7, 11) is 0. The fraction of sp³-hybridized carbons (Fsp3) is 0.118. The number of nitriles is 1. The topological polar surface area (TPSA) is 74.6 Å². The number of benzene rings is 2. The second-order valence-corrected chi connectivity index (χ2v) is 5.42. The van der Waals surface area contributed by atoms with Gasteiger partial charge in [0.2, 0.25) is 0 Å². The Balaban J connectivity index is 1.92. The number of nitrogens with zero attached hydrogens (tertiary/aromatic N) is 3. The normalized spacial score (nSPS) is 11.3. The number of nitrogens with one attached hydrogen (secondary N) is 1. The van der Waals surface area contributed by atoms with Crippen molar-refractivity contribution >= 4 is 0 Å². The molecule has 3 aromatic rings. The summed E-state index contributed by atoms with van der Waals surface area (Å²) in [6.07, 6.45) is -4.71. The fourth-order valence-electron chi connectivity index (χ4n) is 2.37. The van der Waals surface area contributed by atoms with Crippen LogP contribution in [0, 0.1) is 23.0 Å². The van der Waals surface area contributed by atoms with Crippen molar-refractivity contribution in [1.82, 2.24) is 15.4 Å². The maximum Gasteiger partial charge on any atom is 0.416 e. The third kappa shape index (κ3) is 4.03. The Morgan fingerprint density at radius 1 is 1.07 bits per heavy atom. The molecule has 0 aliphatic carbocycles. The van der Waals surface area contributed by atoms with Crippen molar-refractivity contribution in [3.05, 3.63) is 64.9 Å². The monoisotopic (exact) mass is 380 g/mol. The molecule has 0 aliphatic rings. The summed E-state index contributed by atoms with van der Waals surface area (Å²) in [4.78, 5) is 0. The lowest BCUT2D eigenvalue weighted by molar-refractivity contribution is -0.137. The van der Waals surface area contributed by atoms with E-state index < -0.39 is 30.0 Å². The van der Waals surface area contributed by atoms with Crippen LogP contribution in [0.4, 0.5) is 22.0 Å². The van der Waals surface area contributed by atoms with E-state index in [1.165, 1.54) is 6.07 Å². The molecular weight excluding hydrogens is 371 g/mol. The lowest BCUT2D eigenvalue weighted by Gasteiger charge is -2.12. The number of rotatable bonds is 4. The second kappa shape index (κ2) is 7.03. The highest BCUT2D eigenvalue weighted by Crippen LogP contribution is 2.33. The van der Waals surface area contributed by atoms with E-state index in [1.807, 2.05) is 0 Å². The predicted octanol–water partition coefficient (Wildman–Crippen LogP) is 4.22. The number of alkyl halides is 3. The minimum Gasteiger partial charge on any atom is -0.488 e. The Morgan fingerprint density at radius 2 is 1.85 bits per heavy atom. The van der Waals surface area contributed by atoms with Gasteiger partial charge in [0, 0.05) is 0 Å². The first kappa shape index (κ1) is 18.3. The van der Waals surface area contributed by atoms with Crippen molar-refractivity contribution in [2.45, 2.75) is 12.8 Å². The molecule has 0 radical (unpaired) electrons. The number of hydrogen-bond donors (Lipinski definition) is 1. The van der Waals surface area contributed by atoms with Crippen molar-refractivity contribution in [2.24, 2.45) is 0 Å². The van der Waals surface area contributed by atoms with E-state index >= 15 is 0 Å². The van der Waals surface area contributed by atoms with Gasteiger partial charge in [-0.2, -0.15) is 18.4 Å². The Kier molecular flexibility index (Phi) is 4.77. The van der Waals surface area contributed by atoms with Gasteiger partial charge in [-0.25, -0.2) is 13.9 Å². The largest absolute Gasteiger partial charge is 0.488 e. The van der Waals surface area contributed by atoms with Crippen molar-refractivity contribution in [2.75, 3.05) is 0 Å². The van der Waals surface area contributed by atoms with Gasteiger partial charge in [-0.1, -0.05) is 5.21 Å². The maximum absolute atomic E-state index is 13.6. The lowest BCUT2D eigenvalue weighted by Crippen LogP contribution is -2.07. The van der Waals surface area contributed by atoms with E-state index in [0.29, 0.717) is 6.07 Å². The summed E-state index contributed by atoms with van der Waals surface area (Å²) in [5.74, 6) is -1.67. The van der Waals surface area contributed by atoms with Gasteiger partial charge >= 0.3 is 6.18 Å². The van der Waals surface area contributed by atoms with Crippen LogP contribution < -0.4 is 4.74 Å². The maximum atomic E-state index is 13.6. The summed E-state index contributed by atoms with van der Waals surface area (Å²) in [6.45, 7) is -0.417. The molecule has 138 valence electrons. The molecule has 27 heavy (non-hydrogen) atoms. The van der Waals surface area contributed by atoms with E-state index in [1.54, 1.807) is 6.07 Å². The molecule has 3 rings (SSSR count). The van der Waals surface area contributed by atoms with Crippen LogP contribution in [-0.2, 0) is 12.8 Å². The molecule has 0 saturated carbocycles. The zero-order valence-corrected chi connectivity index (χ0v) is 13.3. The molecule has 2 aromatic carbocycles. The summed E-state index contributed by atoms with van der Waals surface area (Å²) in [5, 5.41) is 18.5. The standard InChI is InChI=1S/C17H9F5N4O/c18-11-1-2-15(13(6-11)16-14(7-23)24-26-25-16)27-8-9-3-10(17(20,21)22)5-12(19)4-9/h1-6H,8H2,(H,24,25,26). The number of aromatic amines is 1. The van der Waals surface area contributed by atoms with Crippen LogP contribution in [0.25, 0.3) is 11.3 Å². The highest BCUT2D eigenvalue weighted by molar-refractivity contribution is 5.70. The van der Waals surface area contributed by atoms with Crippen molar-refractivity contribution in [3.63, 3.8) is 0 Å². The number of ether oxygens (including phenoxy) is 1. The van der Waals surface area contributed by atoms with E-state index in [2.05, 4.69) is 15.4 Å². The van der Waals surface area contributed by atoms with Crippen molar-refractivity contribution in [3.8, 4) is 23.1 Å². The minimum atomic E-state index is -4.71. The highest BCUT2D eigenvalue weighted by atomic mass is 19.4. The molecule has 0 unspecified atom stereocenters. The van der Waals surface area contributed by atoms with Crippen molar-refractivity contribution in [1.29, 1.82) is 5.26 Å². The molecule has 0 amide bonds. The first-order chi connectivity index (χ1) is 12.8. The SMILES string of the molecule is N#Cc1[nH]nnc1-c1cc(F)ccc1OCc1cc(F)cc(C(F)(F)F)c1. The van der Waals surface area contributed by atoms with E-state index in [9.17, 15) is 22.0 Å². The van der Waals surface area contributed by atoms with Gasteiger partial charge in [-0.05, 0) is 42.0 Å². The minimum absolute atomic E-state index is 0.0159. The van der Waals surface area contributed by atoms with Crippen molar-refractivity contribution < 1.29 is 26.7 Å². The van der Waals surface area contributed by atoms with Crippen LogP contribution in [0.1, 0.15) is 16.8 Å². The number of halogens is 5. The summed E-state index contributed by atoms with van der Waals surface area (Å²) in [6, 6.07) is 7.16. The zero-order valence-electron chi connectivity index (χ0n) is 13.3. The van der Waals surface area contributed by atoms with Gasteiger partial charge < -0.3 is 4.74 Å². The van der Waals surface area contributed by atoms with Gasteiger partial charge in [0.05, 0.1) is 11.1 Å². The van der Waals surface area contributed by atoms with E-state index in [0.717, 1.165) is 24.3 Å². The Bertz CT molecular complexity index is 1020. The molecule has 1 N–H and O–H groups in total.